The van der Waals surface area contributed by atoms with Crippen molar-refractivity contribution in [3.05, 3.63) is 22.2 Å². The molecule has 1 aromatic rings. The van der Waals surface area contributed by atoms with E-state index in [0.29, 0.717) is 22.9 Å². The smallest absolute Gasteiger partial charge is 0.306 e. The summed E-state index contributed by atoms with van der Waals surface area (Å²) in [7, 11) is 0. The Morgan fingerprint density at radius 3 is 2.68 bits per heavy atom. The van der Waals surface area contributed by atoms with E-state index in [2.05, 4.69) is 0 Å². The van der Waals surface area contributed by atoms with Gasteiger partial charge in [-0.25, -0.2) is 0 Å². The first-order valence-electron chi connectivity index (χ1n) is 6.25. The van der Waals surface area contributed by atoms with Gasteiger partial charge >= 0.3 is 5.97 Å². The zero-order valence-corrected chi connectivity index (χ0v) is 12.0. The number of hydrogen-bond acceptors (Lipinski definition) is 3. The summed E-state index contributed by atoms with van der Waals surface area (Å²) in [4.78, 5) is 11.0. The molecule has 19 heavy (non-hydrogen) atoms. The molecule has 1 aromatic carbocycles. The van der Waals surface area contributed by atoms with Crippen molar-refractivity contribution >= 4 is 17.6 Å². The lowest BCUT2D eigenvalue weighted by Crippen LogP contribution is -2.14. The third kappa shape index (κ3) is 2.63. The molecular formula is C14H17ClO4. The van der Waals surface area contributed by atoms with Crippen LogP contribution in [-0.4, -0.2) is 17.9 Å². The Morgan fingerprint density at radius 2 is 2.11 bits per heavy atom. The zero-order chi connectivity index (χ0) is 14.2. The maximum atomic E-state index is 11.0. The predicted octanol–water partition coefficient (Wildman–Crippen LogP) is 3.46. The molecule has 0 saturated heterocycles. The van der Waals surface area contributed by atoms with Crippen LogP contribution in [0.5, 0.6) is 11.5 Å². The molecule has 0 amide bonds. The lowest BCUT2D eigenvalue weighted by Gasteiger charge is -2.18. The van der Waals surface area contributed by atoms with Crippen LogP contribution >= 0.6 is 11.6 Å². The molecule has 1 aliphatic rings. The second kappa shape index (κ2) is 5.29. The second-order valence-corrected chi connectivity index (χ2v) is 5.49. The fraction of sp³-hybridized carbons (Fsp3) is 0.500. The van der Waals surface area contributed by atoms with Crippen molar-refractivity contribution in [1.82, 2.24) is 0 Å². The number of aliphatic carboxylic acids is 1. The first-order valence-corrected chi connectivity index (χ1v) is 6.63. The van der Waals surface area contributed by atoms with Gasteiger partial charge in [0.1, 0.15) is 0 Å². The lowest BCUT2D eigenvalue weighted by molar-refractivity contribution is -0.141. The largest absolute Gasteiger partial charge is 0.481 e. The molecule has 0 spiro atoms. The average molecular weight is 285 g/mol. The van der Waals surface area contributed by atoms with Crippen molar-refractivity contribution in [2.24, 2.45) is 5.92 Å². The normalized spacial score (nSPS) is 14.8. The Bertz CT molecular complexity index is 511. The van der Waals surface area contributed by atoms with E-state index in [9.17, 15) is 4.79 Å². The summed E-state index contributed by atoms with van der Waals surface area (Å²) >= 11 is 6.28. The van der Waals surface area contributed by atoms with Crippen LogP contribution in [0.25, 0.3) is 0 Å². The standard InChI is InChI=1S/C14H17ClO4/c1-7(2)12-9(4-8(3)14(16)17)10(15)5-11-13(12)19-6-18-11/h5,7-8H,4,6H2,1-3H3,(H,16,17). The van der Waals surface area contributed by atoms with Crippen LogP contribution < -0.4 is 9.47 Å². The van der Waals surface area contributed by atoms with E-state index in [1.807, 2.05) is 13.8 Å². The second-order valence-electron chi connectivity index (χ2n) is 5.08. The number of rotatable bonds is 4. The van der Waals surface area contributed by atoms with E-state index < -0.39 is 11.9 Å². The summed E-state index contributed by atoms with van der Waals surface area (Å²) < 4.78 is 10.9. The molecule has 4 nitrogen and oxygen atoms in total. The van der Waals surface area contributed by atoms with Crippen LogP contribution in [0.4, 0.5) is 0 Å². The van der Waals surface area contributed by atoms with Gasteiger partial charge in [0.2, 0.25) is 6.79 Å². The maximum Gasteiger partial charge on any atom is 0.306 e. The molecule has 1 aliphatic heterocycles. The SMILES string of the molecule is CC(Cc1c(Cl)cc2c(c1C(C)C)OCO2)C(=O)O. The number of fused-ring (bicyclic) bond motifs is 1. The minimum atomic E-state index is -0.830. The van der Waals surface area contributed by atoms with Crippen LogP contribution in [0.1, 0.15) is 37.8 Å². The summed E-state index contributed by atoms with van der Waals surface area (Å²) in [5.74, 6) is 0.205. The van der Waals surface area contributed by atoms with Gasteiger partial charge in [-0.05, 0) is 17.9 Å². The van der Waals surface area contributed by atoms with Gasteiger partial charge in [-0.3, -0.25) is 4.79 Å². The number of carbonyl (C=O) groups is 1. The zero-order valence-electron chi connectivity index (χ0n) is 11.2. The lowest BCUT2D eigenvalue weighted by atomic mass is 9.90. The molecule has 1 atom stereocenters. The van der Waals surface area contributed by atoms with Gasteiger partial charge in [0, 0.05) is 16.7 Å². The topological polar surface area (TPSA) is 55.8 Å². The first-order chi connectivity index (χ1) is 8.91. The van der Waals surface area contributed by atoms with Crippen molar-refractivity contribution in [1.29, 1.82) is 0 Å². The van der Waals surface area contributed by atoms with Gasteiger partial charge in [-0.1, -0.05) is 32.4 Å². The van der Waals surface area contributed by atoms with Gasteiger partial charge in [0.25, 0.3) is 0 Å². The summed E-state index contributed by atoms with van der Waals surface area (Å²) in [5.41, 5.74) is 1.80. The molecule has 2 rings (SSSR count). The molecular weight excluding hydrogens is 268 g/mol. The molecule has 0 aliphatic carbocycles. The van der Waals surface area contributed by atoms with Crippen LogP contribution in [0.15, 0.2) is 6.07 Å². The van der Waals surface area contributed by atoms with Gasteiger partial charge < -0.3 is 14.6 Å². The molecule has 1 unspecified atom stereocenters. The van der Waals surface area contributed by atoms with E-state index in [1.165, 1.54) is 0 Å². The molecule has 104 valence electrons. The first kappa shape index (κ1) is 14.0. The number of benzene rings is 1. The van der Waals surface area contributed by atoms with E-state index in [-0.39, 0.29) is 12.7 Å². The molecule has 1 heterocycles. The quantitative estimate of drug-likeness (QED) is 0.920. The third-order valence-corrected chi connectivity index (χ3v) is 3.60. The van der Waals surface area contributed by atoms with Crippen molar-refractivity contribution in [3.63, 3.8) is 0 Å². The molecule has 1 N–H and O–H groups in total. The fourth-order valence-corrected chi connectivity index (χ4v) is 2.56. The monoisotopic (exact) mass is 284 g/mol. The Balaban J connectivity index is 2.50. The van der Waals surface area contributed by atoms with Crippen LogP contribution in [0, 0.1) is 5.92 Å². The molecule has 0 saturated carbocycles. The maximum absolute atomic E-state index is 11.0. The highest BCUT2D eigenvalue weighted by Gasteiger charge is 2.27. The highest BCUT2D eigenvalue weighted by atomic mass is 35.5. The van der Waals surface area contributed by atoms with Gasteiger partial charge in [-0.15, -0.1) is 0 Å². The highest BCUT2D eigenvalue weighted by molar-refractivity contribution is 6.31. The van der Waals surface area contributed by atoms with Crippen molar-refractivity contribution in [2.45, 2.75) is 33.1 Å². The van der Waals surface area contributed by atoms with E-state index in [4.69, 9.17) is 26.2 Å². The molecule has 5 heteroatoms. The summed E-state index contributed by atoms with van der Waals surface area (Å²) in [5, 5.41) is 9.60. The average Bonchev–Trinajstić information content (AvgIpc) is 2.76. The van der Waals surface area contributed by atoms with Gasteiger partial charge in [0.15, 0.2) is 11.5 Å². The number of hydrogen-bond donors (Lipinski definition) is 1. The van der Waals surface area contributed by atoms with Crippen LogP contribution in [0.3, 0.4) is 0 Å². The third-order valence-electron chi connectivity index (χ3n) is 3.27. The number of carboxylic acid groups (broad SMARTS) is 1. The number of halogens is 1. The Morgan fingerprint density at radius 1 is 1.42 bits per heavy atom. The summed E-state index contributed by atoms with van der Waals surface area (Å²) in [6.07, 6.45) is 0.387. The van der Waals surface area contributed by atoms with Crippen LogP contribution in [-0.2, 0) is 11.2 Å². The minimum Gasteiger partial charge on any atom is -0.481 e. The van der Waals surface area contributed by atoms with Crippen LogP contribution in [0.2, 0.25) is 5.02 Å². The van der Waals surface area contributed by atoms with Gasteiger partial charge in [0.05, 0.1) is 5.92 Å². The predicted molar refractivity (Wildman–Crippen MR) is 72.2 cm³/mol. The number of carboxylic acids is 1. The highest BCUT2D eigenvalue weighted by Crippen LogP contribution is 2.45. The molecule has 0 radical (unpaired) electrons. The minimum absolute atomic E-state index is 0.184. The Kier molecular flexibility index (Phi) is 3.90. The molecule has 0 bridgehead atoms. The van der Waals surface area contributed by atoms with Crippen molar-refractivity contribution in [3.8, 4) is 11.5 Å². The summed E-state index contributed by atoms with van der Waals surface area (Å²) in [6.45, 7) is 5.92. The van der Waals surface area contributed by atoms with Crippen molar-refractivity contribution < 1.29 is 19.4 Å². The van der Waals surface area contributed by atoms with E-state index >= 15 is 0 Å². The molecule has 0 aromatic heterocycles. The Labute approximate surface area is 117 Å². The Hall–Kier alpha value is -1.42. The van der Waals surface area contributed by atoms with Gasteiger partial charge in [-0.2, -0.15) is 0 Å². The van der Waals surface area contributed by atoms with E-state index in [0.717, 1.165) is 11.1 Å². The fourth-order valence-electron chi connectivity index (χ4n) is 2.29. The molecule has 0 fully saturated rings. The number of ether oxygens (including phenoxy) is 2. The van der Waals surface area contributed by atoms with Crippen molar-refractivity contribution in [2.75, 3.05) is 6.79 Å². The summed E-state index contributed by atoms with van der Waals surface area (Å²) in [6, 6.07) is 1.71. The van der Waals surface area contributed by atoms with E-state index in [1.54, 1.807) is 13.0 Å².